The molecule has 0 aromatic carbocycles. The number of methoxy groups -OCH3 is 1. The maximum atomic E-state index is 10.7. The van der Waals surface area contributed by atoms with Gasteiger partial charge in [0.1, 0.15) is 13.4 Å². The van der Waals surface area contributed by atoms with Crippen LogP contribution >= 0.6 is 0 Å². The molecule has 13 heavy (non-hydrogen) atoms. The van der Waals surface area contributed by atoms with Crippen molar-refractivity contribution in [1.82, 2.24) is 0 Å². The van der Waals surface area contributed by atoms with Crippen molar-refractivity contribution in [2.24, 2.45) is 0 Å². The Morgan fingerprint density at radius 3 is 2.77 bits per heavy atom. The lowest BCUT2D eigenvalue weighted by Gasteiger charge is -2.04. The Kier molecular flexibility index (Phi) is 8.17. The zero-order chi connectivity index (χ0) is 9.94. The quantitative estimate of drug-likeness (QED) is 0.227. The summed E-state index contributed by atoms with van der Waals surface area (Å²) in [6.45, 7) is 0.202. The van der Waals surface area contributed by atoms with Crippen LogP contribution in [0.15, 0.2) is 0 Å². The summed E-state index contributed by atoms with van der Waals surface area (Å²) in [6.07, 6.45) is 0.0229. The molecule has 0 radical (unpaired) electrons. The minimum atomic E-state index is -0.488. The third-order valence-corrected chi connectivity index (χ3v) is 0.997. The average molecular weight is 192 g/mol. The first-order valence-electron chi connectivity index (χ1n) is 3.58. The SMILES string of the molecule is COCOCOC(=O)CCOC=O. The highest BCUT2D eigenvalue weighted by molar-refractivity contribution is 5.69. The summed E-state index contributed by atoms with van der Waals surface area (Å²) in [7, 11) is 1.46. The minimum absolute atomic E-state index is 0.0204. The van der Waals surface area contributed by atoms with Crippen LogP contribution in [-0.2, 0) is 28.5 Å². The van der Waals surface area contributed by atoms with Crippen molar-refractivity contribution in [3.8, 4) is 0 Å². The first-order valence-corrected chi connectivity index (χ1v) is 3.58. The predicted octanol–water partition coefficient (Wildman–Crippen LogP) is -0.329. The molecule has 0 fully saturated rings. The van der Waals surface area contributed by atoms with E-state index in [4.69, 9.17) is 0 Å². The van der Waals surface area contributed by atoms with E-state index in [0.29, 0.717) is 0 Å². The van der Waals surface area contributed by atoms with Gasteiger partial charge in [0, 0.05) is 7.11 Å². The van der Waals surface area contributed by atoms with Crippen LogP contribution in [0.3, 0.4) is 0 Å². The van der Waals surface area contributed by atoms with Gasteiger partial charge in [-0.15, -0.1) is 0 Å². The fourth-order valence-corrected chi connectivity index (χ4v) is 0.487. The summed E-state index contributed by atoms with van der Waals surface area (Å²) in [4.78, 5) is 20.4. The van der Waals surface area contributed by atoms with Crippen molar-refractivity contribution < 1.29 is 28.5 Å². The number of carbonyl (C=O) groups excluding carboxylic acids is 2. The third-order valence-electron chi connectivity index (χ3n) is 0.997. The molecule has 0 aliphatic heterocycles. The second kappa shape index (κ2) is 8.95. The number of esters is 1. The largest absolute Gasteiger partial charge is 0.467 e. The summed E-state index contributed by atoms with van der Waals surface area (Å²) in [5, 5.41) is 0. The Morgan fingerprint density at radius 1 is 1.38 bits per heavy atom. The first-order chi connectivity index (χ1) is 6.31. The monoisotopic (exact) mass is 192 g/mol. The smallest absolute Gasteiger partial charge is 0.311 e. The number of hydrogen-bond donors (Lipinski definition) is 0. The lowest BCUT2D eigenvalue weighted by Crippen LogP contribution is -2.11. The van der Waals surface area contributed by atoms with Gasteiger partial charge in [0.25, 0.3) is 6.47 Å². The van der Waals surface area contributed by atoms with Gasteiger partial charge in [-0.1, -0.05) is 0 Å². The Balaban J connectivity index is 3.15. The van der Waals surface area contributed by atoms with E-state index in [1.807, 2.05) is 0 Å². The molecular formula is C7H12O6. The summed E-state index contributed by atoms with van der Waals surface area (Å²) in [6, 6.07) is 0. The number of ether oxygens (including phenoxy) is 4. The molecule has 76 valence electrons. The van der Waals surface area contributed by atoms with E-state index in [2.05, 4.69) is 18.9 Å². The first kappa shape index (κ1) is 11.9. The number of hydrogen-bond acceptors (Lipinski definition) is 6. The van der Waals surface area contributed by atoms with Crippen LogP contribution in [0, 0.1) is 0 Å². The van der Waals surface area contributed by atoms with Crippen molar-refractivity contribution in [2.75, 3.05) is 27.3 Å². The normalized spacial score (nSPS) is 9.31. The van der Waals surface area contributed by atoms with Crippen LogP contribution in [0.5, 0.6) is 0 Å². The lowest BCUT2D eigenvalue weighted by molar-refractivity contribution is -0.166. The summed E-state index contributed by atoms with van der Waals surface area (Å²) >= 11 is 0. The molecule has 0 aromatic rings. The maximum absolute atomic E-state index is 10.7. The highest BCUT2D eigenvalue weighted by atomic mass is 16.7. The maximum Gasteiger partial charge on any atom is 0.311 e. The van der Waals surface area contributed by atoms with Gasteiger partial charge in [0.05, 0.1) is 6.42 Å². The van der Waals surface area contributed by atoms with Crippen molar-refractivity contribution in [3.63, 3.8) is 0 Å². The Morgan fingerprint density at radius 2 is 2.15 bits per heavy atom. The molecule has 0 saturated heterocycles. The highest BCUT2D eigenvalue weighted by Gasteiger charge is 2.01. The average Bonchev–Trinajstić information content (AvgIpc) is 2.13. The van der Waals surface area contributed by atoms with Gasteiger partial charge < -0.3 is 18.9 Å². The van der Waals surface area contributed by atoms with Gasteiger partial charge in [-0.05, 0) is 0 Å². The van der Waals surface area contributed by atoms with Crippen molar-refractivity contribution in [2.45, 2.75) is 6.42 Å². The van der Waals surface area contributed by atoms with Gasteiger partial charge in [0.2, 0.25) is 0 Å². The number of carbonyl (C=O) groups is 2. The summed E-state index contributed by atoms with van der Waals surface area (Å²) in [5.74, 6) is -0.488. The Bertz CT molecular complexity index is 146. The lowest BCUT2D eigenvalue weighted by atomic mass is 10.5. The van der Waals surface area contributed by atoms with E-state index in [1.54, 1.807) is 0 Å². The molecule has 0 aliphatic rings. The Labute approximate surface area is 75.7 Å². The van der Waals surface area contributed by atoms with Crippen molar-refractivity contribution in [3.05, 3.63) is 0 Å². The third kappa shape index (κ3) is 8.77. The Hall–Kier alpha value is -1.14. The van der Waals surface area contributed by atoms with Gasteiger partial charge in [-0.25, -0.2) is 0 Å². The van der Waals surface area contributed by atoms with E-state index in [0.717, 1.165) is 0 Å². The standard InChI is InChI=1S/C7H12O6/c1-10-5-12-6-13-7(9)2-3-11-4-8/h4H,2-3,5-6H2,1H3. The van der Waals surface area contributed by atoms with Gasteiger partial charge in [-0.3, -0.25) is 9.59 Å². The van der Waals surface area contributed by atoms with Gasteiger partial charge in [-0.2, -0.15) is 0 Å². The molecule has 0 amide bonds. The van der Waals surface area contributed by atoms with Gasteiger partial charge >= 0.3 is 5.97 Å². The number of rotatable bonds is 8. The van der Waals surface area contributed by atoms with Crippen LogP contribution in [0.2, 0.25) is 0 Å². The van der Waals surface area contributed by atoms with E-state index in [9.17, 15) is 9.59 Å². The molecule has 0 bridgehead atoms. The molecule has 0 unspecified atom stereocenters. The van der Waals surface area contributed by atoms with E-state index in [1.165, 1.54) is 7.11 Å². The van der Waals surface area contributed by atoms with E-state index in [-0.39, 0.29) is 33.1 Å². The van der Waals surface area contributed by atoms with Crippen molar-refractivity contribution >= 4 is 12.4 Å². The minimum Gasteiger partial charge on any atom is -0.467 e. The molecule has 0 aliphatic carbocycles. The van der Waals surface area contributed by atoms with E-state index >= 15 is 0 Å². The molecule has 0 rings (SSSR count). The second-order valence-corrected chi connectivity index (χ2v) is 1.96. The summed E-state index contributed by atoms with van der Waals surface area (Å²) < 4.78 is 18.1. The van der Waals surface area contributed by atoms with Crippen molar-refractivity contribution in [1.29, 1.82) is 0 Å². The molecule has 6 nitrogen and oxygen atoms in total. The molecule has 0 atom stereocenters. The second-order valence-electron chi connectivity index (χ2n) is 1.96. The van der Waals surface area contributed by atoms with Crippen LogP contribution in [0.25, 0.3) is 0 Å². The zero-order valence-electron chi connectivity index (χ0n) is 7.36. The zero-order valence-corrected chi connectivity index (χ0v) is 7.36. The van der Waals surface area contributed by atoms with Crippen LogP contribution in [-0.4, -0.2) is 39.7 Å². The molecular weight excluding hydrogens is 180 g/mol. The molecule has 0 N–H and O–H groups in total. The van der Waals surface area contributed by atoms with E-state index < -0.39 is 5.97 Å². The molecule has 0 aromatic heterocycles. The topological polar surface area (TPSA) is 71.1 Å². The van der Waals surface area contributed by atoms with Crippen LogP contribution < -0.4 is 0 Å². The molecule has 6 heteroatoms. The van der Waals surface area contributed by atoms with Crippen LogP contribution in [0.1, 0.15) is 6.42 Å². The fourth-order valence-electron chi connectivity index (χ4n) is 0.487. The highest BCUT2D eigenvalue weighted by Crippen LogP contribution is 1.87. The van der Waals surface area contributed by atoms with Gasteiger partial charge in [0.15, 0.2) is 6.79 Å². The summed E-state index contributed by atoms with van der Waals surface area (Å²) in [5.41, 5.74) is 0. The molecule has 0 heterocycles. The molecule has 0 saturated carbocycles. The predicted molar refractivity (Wildman–Crippen MR) is 40.6 cm³/mol. The van der Waals surface area contributed by atoms with Crippen LogP contribution in [0.4, 0.5) is 0 Å². The molecule has 0 spiro atoms. The fraction of sp³-hybridized carbons (Fsp3) is 0.714.